The fraction of sp³-hybridized carbons (Fsp3) is 1.00. The van der Waals surface area contributed by atoms with Crippen molar-refractivity contribution in [3.8, 4) is 0 Å². The van der Waals surface area contributed by atoms with Crippen LogP contribution in [0.2, 0.25) is 0 Å². The Bertz CT molecular complexity index is 104. The van der Waals surface area contributed by atoms with Crippen LogP contribution >= 0.6 is 0 Å². The van der Waals surface area contributed by atoms with Crippen molar-refractivity contribution in [1.29, 1.82) is 0 Å². The molecule has 1 heterocycles. The Labute approximate surface area is 73.3 Å². The molecule has 1 aliphatic heterocycles. The van der Waals surface area contributed by atoms with Crippen LogP contribution < -0.4 is 0 Å². The monoisotopic (exact) mass is 175 g/mol. The van der Waals surface area contributed by atoms with E-state index in [2.05, 4.69) is 9.79 Å². The van der Waals surface area contributed by atoms with Crippen LogP contribution in [0.3, 0.4) is 0 Å². The largest absolute Gasteiger partial charge is 0.379 e. The quantitative estimate of drug-likeness (QED) is 0.341. The minimum atomic E-state index is 0.674. The minimum absolute atomic E-state index is 0.674. The molecule has 0 spiro atoms. The van der Waals surface area contributed by atoms with E-state index >= 15 is 0 Å². The third-order valence-electron chi connectivity index (χ3n) is 1.92. The molecule has 0 unspecified atom stereocenters. The summed E-state index contributed by atoms with van der Waals surface area (Å²) in [6, 6.07) is 0. The van der Waals surface area contributed by atoms with Crippen LogP contribution in [0.25, 0.3) is 0 Å². The van der Waals surface area contributed by atoms with Crippen LogP contribution in [0.5, 0.6) is 0 Å². The Morgan fingerprint density at radius 3 is 2.75 bits per heavy atom. The lowest BCUT2D eigenvalue weighted by Gasteiger charge is -2.26. The highest BCUT2D eigenvalue weighted by molar-refractivity contribution is 4.60. The maximum absolute atomic E-state index is 5.23. The van der Waals surface area contributed by atoms with Gasteiger partial charge in [-0.1, -0.05) is 0 Å². The van der Waals surface area contributed by atoms with Gasteiger partial charge in [-0.15, -0.1) is 0 Å². The summed E-state index contributed by atoms with van der Waals surface area (Å²) in [5.74, 6) is 0. The summed E-state index contributed by atoms with van der Waals surface area (Å²) < 4.78 is 5.23. The van der Waals surface area contributed by atoms with E-state index in [9.17, 15) is 0 Å². The number of morpholine rings is 1. The molecule has 1 fully saturated rings. The predicted octanol–water partition coefficient (Wildman–Crippen LogP) is 0.287. The zero-order chi connectivity index (χ0) is 8.65. The van der Waals surface area contributed by atoms with Gasteiger partial charge < -0.3 is 4.74 Å². The summed E-state index contributed by atoms with van der Waals surface area (Å²) in [6.45, 7) is 5.58. The molecule has 1 aliphatic rings. The van der Waals surface area contributed by atoms with E-state index in [-0.39, 0.29) is 0 Å². The van der Waals surface area contributed by atoms with Crippen molar-refractivity contribution in [3.05, 3.63) is 0 Å². The third-order valence-corrected chi connectivity index (χ3v) is 1.92. The lowest BCUT2D eigenvalue weighted by Crippen LogP contribution is -2.37. The normalized spacial score (nSPS) is 19.8. The molecule has 4 nitrogen and oxygen atoms in total. The lowest BCUT2D eigenvalue weighted by atomic mass is 10.3. The van der Waals surface area contributed by atoms with Crippen LogP contribution in [-0.2, 0) is 14.5 Å². The Balaban J connectivity index is 1.91. The van der Waals surface area contributed by atoms with Crippen molar-refractivity contribution < 1.29 is 14.5 Å². The summed E-state index contributed by atoms with van der Waals surface area (Å²) >= 11 is 0. The van der Waals surface area contributed by atoms with Gasteiger partial charge in [-0.05, 0) is 6.42 Å². The predicted molar refractivity (Wildman–Crippen MR) is 44.8 cm³/mol. The van der Waals surface area contributed by atoms with Crippen molar-refractivity contribution in [3.63, 3.8) is 0 Å². The first-order chi connectivity index (χ1) is 5.93. The van der Waals surface area contributed by atoms with Crippen molar-refractivity contribution >= 4 is 0 Å². The van der Waals surface area contributed by atoms with Crippen molar-refractivity contribution in [2.24, 2.45) is 0 Å². The van der Waals surface area contributed by atoms with Gasteiger partial charge in [0.15, 0.2) is 0 Å². The molecule has 1 rings (SSSR count). The van der Waals surface area contributed by atoms with Gasteiger partial charge in [-0.25, -0.2) is 9.78 Å². The van der Waals surface area contributed by atoms with Gasteiger partial charge >= 0.3 is 0 Å². The fourth-order valence-corrected chi connectivity index (χ4v) is 1.26. The fourth-order valence-electron chi connectivity index (χ4n) is 1.26. The van der Waals surface area contributed by atoms with Gasteiger partial charge in [0.2, 0.25) is 0 Å². The summed E-state index contributed by atoms with van der Waals surface area (Å²) in [4.78, 5) is 11.6. The number of ether oxygens (including phenoxy) is 1. The van der Waals surface area contributed by atoms with Crippen molar-refractivity contribution in [2.75, 3.05) is 46.6 Å². The number of hydrogen-bond acceptors (Lipinski definition) is 4. The summed E-state index contributed by atoms with van der Waals surface area (Å²) in [6.07, 6.45) is 1.02. The highest BCUT2D eigenvalue weighted by Gasteiger charge is 2.08. The summed E-state index contributed by atoms with van der Waals surface area (Å²) in [5, 5.41) is 0. The Morgan fingerprint density at radius 1 is 1.33 bits per heavy atom. The topological polar surface area (TPSA) is 30.9 Å². The molecule has 0 radical (unpaired) electrons. The Kier molecular flexibility index (Phi) is 5.27. The highest BCUT2D eigenvalue weighted by Crippen LogP contribution is 1.97. The highest BCUT2D eigenvalue weighted by atomic mass is 17.2. The van der Waals surface area contributed by atoms with Gasteiger partial charge in [0, 0.05) is 19.6 Å². The maximum Gasteiger partial charge on any atom is 0.0834 e. The van der Waals surface area contributed by atoms with E-state index in [4.69, 9.17) is 9.62 Å². The van der Waals surface area contributed by atoms with Gasteiger partial charge in [0.25, 0.3) is 0 Å². The number of rotatable bonds is 5. The zero-order valence-corrected chi connectivity index (χ0v) is 7.62. The average molecular weight is 175 g/mol. The second-order valence-corrected chi connectivity index (χ2v) is 2.80. The maximum atomic E-state index is 5.23. The molecule has 0 atom stereocenters. The first-order valence-electron chi connectivity index (χ1n) is 4.39. The van der Waals surface area contributed by atoms with Gasteiger partial charge in [0.05, 0.1) is 26.9 Å². The molecule has 0 bridgehead atoms. The van der Waals surface area contributed by atoms with Crippen molar-refractivity contribution in [2.45, 2.75) is 6.42 Å². The second kappa shape index (κ2) is 6.37. The van der Waals surface area contributed by atoms with Crippen LogP contribution in [0.4, 0.5) is 0 Å². The summed E-state index contributed by atoms with van der Waals surface area (Å²) in [5.41, 5.74) is 0. The molecule has 4 heteroatoms. The van der Waals surface area contributed by atoms with Gasteiger partial charge in [-0.2, -0.15) is 0 Å². The van der Waals surface area contributed by atoms with Crippen LogP contribution in [0.15, 0.2) is 0 Å². The Morgan fingerprint density at radius 2 is 2.08 bits per heavy atom. The van der Waals surface area contributed by atoms with E-state index < -0.39 is 0 Å². The molecular formula is C8H17NO3. The first-order valence-corrected chi connectivity index (χ1v) is 4.39. The molecule has 0 saturated carbocycles. The summed E-state index contributed by atoms with van der Waals surface area (Å²) in [7, 11) is 1.54. The second-order valence-electron chi connectivity index (χ2n) is 2.80. The lowest BCUT2D eigenvalue weighted by molar-refractivity contribution is -0.273. The molecule has 0 aromatic heterocycles. The molecule has 0 aromatic carbocycles. The Hall–Kier alpha value is -0.160. The average Bonchev–Trinajstić information content (AvgIpc) is 2.14. The molecule has 0 aromatic rings. The van der Waals surface area contributed by atoms with Gasteiger partial charge in [0.1, 0.15) is 0 Å². The van der Waals surface area contributed by atoms with E-state index in [1.807, 2.05) is 0 Å². The standard InChI is InChI=1S/C8H17NO3/c1-10-12-6-2-3-9-4-7-11-8-5-9/h2-8H2,1H3. The first kappa shape index (κ1) is 9.92. The molecule has 1 saturated heterocycles. The van der Waals surface area contributed by atoms with E-state index in [0.717, 1.165) is 39.3 Å². The number of nitrogens with zero attached hydrogens (tertiary/aromatic N) is 1. The zero-order valence-electron chi connectivity index (χ0n) is 7.62. The van der Waals surface area contributed by atoms with E-state index in [1.54, 1.807) is 0 Å². The van der Waals surface area contributed by atoms with E-state index in [0.29, 0.717) is 6.61 Å². The minimum Gasteiger partial charge on any atom is -0.379 e. The third kappa shape index (κ3) is 4.01. The SMILES string of the molecule is COOCCCN1CCOCC1. The number of hydrogen-bond donors (Lipinski definition) is 0. The smallest absolute Gasteiger partial charge is 0.0834 e. The molecule has 0 aliphatic carbocycles. The van der Waals surface area contributed by atoms with Gasteiger partial charge in [-0.3, -0.25) is 4.90 Å². The van der Waals surface area contributed by atoms with E-state index in [1.165, 1.54) is 7.11 Å². The molecular weight excluding hydrogens is 158 g/mol. The van der Waals surface area contributed by atoms with Crippen LogP contribution in [0, 0.1) is 0 Å². The molecule has 72 valence electrons. The van der Waals surface area contributed by atoms with Crippen LogP contribution in [-0.4, -0.2) is 51.5 Å². The molecule has 12 heavy (non-hydrogen) atoms. The van der Waals surface area contributed by atoms with Crippen molar-refractivity contribution in [1.82, 2.24) is 4.90 Å². The molecule has 0 N–H and O–H groups in total. The molecule has 0 amide bonds. The van der Waals surface area contributed by atoms with Crippen LogP contribution in [0.1, 0.15) is 6.42 Å².